The van der Waals surface area contributed by atoms with Crippen molar-refractivity contribution < 1.29 is 9.47 Å². The van der Waals surface area contributed by atoms with Gasteiger partial charge in [0.1, 0.15) is 12.7 Å². The van der Waals surface area contributed by atoms with Gasteiger partial charge >= 0.3 is 0 Å². The van der Waals surface area contributed by atoms with E-state index in [1.54, 1.807) is 7.05 Å². The number of fused-ring (bicyclic) bond motifs is 1. The van der Waals surface area contributed by atoms with E-state index in [4.69, 9.17) is 9.47 Å². The van der Waals surface area contributed by atoms with Gasteiger partial charge in [-0.15, -0.1) is 24.0 Å². The summed E-state index contributed by atoms with van der Waals surface area (Å²) in [5.74, 6) is 3.06. The van der Waals surface area contributed by atoms with Gasteiger partial charge in [-0.3, -0.25) is 4.99 Å². The van der Waals surface area contributed by atoms with Crippen LogP contribution in [0.4, 0.5) is 0 Å². The number of para-hydroxylation sites is 2. The van der Waals surface area contributed by atoms with Crippen LogP contribution in [0.2, 0.25) is 0 Å². The Morgan fingerprint density at radius 3 is 2.54 bits per heavy atom. The van der Waals surface area contributed by atoms with Crippen molar-refractivity contribution >= 4 is 29.9 Å². The second kappa shape index (κ2) is 11.5. The van der Waals surface area contributed by atoms with Crippen molar-refractivity contribution in [3.8, 4) is 11.5 Å². The molecule has 6 nitrogen and oxygen atoms in total. The predicted molar refractivity (Wildman–Crippen MR) is 118 cm³/mol. The Balaban J connectivity index is 0.00000338. The van der Waals surface area contributed by atoms with E-state index >= 15 is 0 Å². The fraction of sp³-hybridized carbons (Fsp3) is 0.632. The molecule has 2 unspecified atom stereocenters. The molecule has 1 heterocycles. The lowest BCUT2D eigenvalue weighted by atomic mass is 10.0. The van der Waals surface area contributed by atoms with E-state index in [9.17, 15) is 0 Å². The Morgan fingerprint density at radius 2 is 1.92 bits per heavy atom. The van der Waals surface area contributed by atoms with Gasteiger partial charge in [-0.05, 0) is 38.6 Å². The Hall–Kier alpha value is -1.22. The van der Waals surface area contributed by atoms with Gasteiger partial charge in [0.05, 0.1) is 6.54 Å². The molecular formula is C19H33IN4O2. The monoisotopic (exact) mass is 476 g/mol. The third-order valence-electron chi connectivity index (χ3n) is 4.27. The van der Waals surface area contributed by atoms with Crippen LogP contribution < -0.4 is 20.1 Å². The molecule has 26 heavy (non-hydrogen) atoms. The number of halogens is 1. The summed E-state index contributed by atoms with van der Waals surface area (Å²) in [6.07, 6.45) is 1.11. The maximum atomic E-state index is 5.96. The second-order valence-corrected chi connectivity index (χ2v) is 7.08. The topological polar surface area (TPSA) is 58.1 Å². The first-order chi connectivity index (χ1) is 12.0. The first kappa shape index (κ1) is 22.8. The van der Waals surface area contributed by atoms with Gasteiger partial charge in [-0.1, -0.05) is 26.0 Å². The second-order valence-electron chi connectivity index (χ2n) is 7.08. The third-order valence-corrected chi connectivity index (χ3v) is 4.27. The summed E-state index contributed by atoms with van der Waals surface area (Å²) in [7, 11) is 6.03. The van der Waals surface area contributed by atoms with Crippen LogP contribution in [-0.2, 0) is 0 Å². The van der Waals surface area contributed by atoms with Gasteiger partial charge in [-0.25, -0.2) is 0 Å². The summed E-state index contributed by atoms with van der Waals surface area (Å²) in [4.78, 5) is 6.57. The predicted octanol–water partition coefficient (Wildman–Crippen LogP) is 2.59. The number of aliphatic imine (C=N–C) groups is 1. The average molecular weight is 476 g/mol. The number of ether oxygens (including phenoxy) is 2. The summed E-state index contributed by atoms with van der Waals surface area (Å²) >= 11 is 0. The Morgan fingerprint density at radius 1 is 1.23 bits per heavy atom. The van der Waals surface area contributed by atoms with E-state index in [0.717, 1.165) is 30.4 Å². The average Bonchev–Trinajstić information content (AvgIpc) is 2.60. The van der Waals surface area contributed by atoms with Crippen molar-refractivity contribution in [3.05, 3.63) is 24.3 Å². The molecule has 7 heteroatoms. The number of guanidine groups is 1. The maximum Gasteiger partial charge on any atom is 0.191 e. The number of benzene rings is 1. The molecule has 1 aliphatic heterocycles. The summed E-state index contributed by atoms with van der Waals surface area (Å²) in [5, 5.41) is 6.75. The highest BCUT2D eigenvalue weighted by molar-refractivity contribution is 14.0. The van der Waals surface area contributed by atoms with Crippen molar-refractivity contribution in [3.63, 3.8) is 0 Å². The van der Waals surface area contributed by atoms with Crippen molar-refractivity contribution in [2.45, 2.75) is 32.4 Å². The van der Waals surface area contributed by atoms with Crippen LogP contribution in [0.5, 0.6) is 11.5 Å². The normalized spacial score (nSPS) is 17.7. The van der Waals surface area contributed by atoms with Crippen molar-refractivity contribution in [2.75, 3.05) is 40.8 Å². The van der Waals surface area contributed by atoms with Crippen LogP contribution in [0.15, 0.2) is 29.3 Å². The molecule has 1 aliphatic rings. The molecule has 148 valence electrons. The minimum atomic E-state index is -0.0336. The van der Waals surface area contributed by atoms with E-state index in [1.165, 1.54) is 0 Å². The Labute approximate surface area is 174 Å². The van der Waals surface area contributed by atoms with Crippen LogP contribution in [0, 0.1) is 5.92 Å². The number of rotatable bonds is 7. The SMILES string of the molecule is CN=C(NCC1COc2ccccc2O1)NCC(CC(C)C)N(C)C.I. The highest BCUT2D eigenvalue weighted by Gasteiger charge is 2.21. The quantitative estimate of drug-likeness (QED) is 0.360. The number of hydrogen-bond acceptors (Lipinski definition) is 4. The van der Waals surface area contributed by atoms with Gasteiger partial charge in [0.25, 0.3) is 0 Å². The van der Waals surface area contributed by atoms with Crippen LogP contribution in [0.1, 0.15) is 20.3 Å². The molecule has 0 saturated carbocycles. The molecule has 2 rings (SSSR count). The summed E-state index contributed by atoms with van der Waals surface area (Å²) in [6, 6.07) is 8.23. The molecule has 2 atom stereocenters. The lowest BCUT2D eigenvalue weighted by Gasteiger charge is -2.28. The van der Waals surface area contributed by atoms with Gasteiger partial charge < -0.3 is 25.0 Å². The number of hydrogen-bond donors (Lipinski definition) is 2. The molecule has 1 aromatic rings. The molecule has 0 bridgehead atoms. The molecule has 0 spiro atoms. The van der Waals surface area contributed by atoms with Gasteiger partial charge in [-0.2, -0.15) is 0 Å². The highest BCUT2D eigenvalue weighted by Crippen LogP contribution is 2.30. The van der Waals surface area contributed by atoms with E-state index in [-0.39, 0.29) is 30.1 Å². The van der Waals surface area contributed by atoms with Crippen molar-refractivity contribution in [2.24, 2.45) is 10.9 Å². The molecule has 1 aromatic carbocycles. The van der Waals surface area contributed by atoms with E-state index in [0.29, 0.717) is 25.1 Å². The lowest BCUT2D eigenvalue weighted by Crippen LogP contribution is -2.48. The Bertz CT molecular complexity index is 566. The summed E-state index contributed by atoms with van der Waals surface area (Å²) < 4.78 is 11.7. The number of nitrogens with one attached hydrogen (secondary N) is 2. The van der Waals surface area contributed by atoms with Gasteiger partial charge in [0.15, 0.2) is 17.5 Å². The van der Waals surface area contributed by atoms with Crippen LogP contribution >= 0.6 is 24.0 Å². The zero-order chi connectivity index (χ0) is 18.2. The molecule has 0 saturated heterocycles. The molecule has 0 aromatic heterocycles. The minimum Gasteiger partial charge on any atom is -0.486 e. The van der Waals surface area contributed by atoms with E-state index in [1.807, 2.05) is 24.3 Å². The van der Waals surface area contributed by atoms with Gasteiger partial charge in [0.2, 0.25) is 0 Å². The van der Waals surface area contributed by atoms with Crippen LogP contribution in [-0.4, -0.2) is 63.8 Å². The zero-order valence-corrected chi connectivity index (χ0v) is 18.8. The smallest absolute Gasteiger partial charge is 0.191 e. The fourth-order valence-corrected chi connectivity index (χ4v) is 2.83. The largest absolute Gasteiger partial charge is 0.486 e. The number of nitrogens with zero attached hydrogens (tertiary/aromatic N) is 2. The highest BCUT2D eigenvalue weighted by atomic mass is 127. The molecule has 0 amide bonds. The van der Waals surface area contributed by atoms with Crippen LogP contribution in [0.25, 0.3) is 0 Å². The molecular weight excluding hydrogens is 443 g/mol. The first-order valence-corrected chi connectivity index (χ1v) is 8.99. The van der Waals surface area contributed by atoms with Gasteiger partial charge in [0, 0.05) is 19.6 Å². The molecule has 0 fully saturated rings. The summed E-state index contributed by atoms with van der Waals surface area (Å²) in [6.45, 7) is 6.54. The molecule has 2 N–H and O–H groups in total. The maximum absolute atomic E-state index is 5.96. The third kappa shape index (κ3) is 7.19. The lowest BCUT2D eigenvalue weighted by molar-refractivity contribution is 0.0936. The Kier molecular flexibility index (Phi) is 10.1. The van der Waals surface area contributed by atoms with Crippen molar-refractivity contribution in [1.82, 2.24) is 15.5 Å². The van der Waals surface area contributed by atoms with Crippen LogP contribution in [0.3, 0.4) is 0 Å². The van der Waals surface area contributed by atoms with Crippen molar-refractivity contribution in [1.29, 1.82) is 0 Å². The number of likely N-dealkylation sites (N-methyl/N-ethyl adjacent to an activating group) is 1. The standard InChI is InChI=1S/C19H32N4O2.HI/c1-14(2)10-15(23(4)5)11-21-19(20-3)22-12-16-13-24-17-8-6-7-9-18(17)25-16;/h6-9,14-16H,10-13H2,1-5H3,(H2,20,21,22);1H. The summed E-state index contributed by atoms with van der Waals surface area (Å²) in [5.41, 5.74) is 0. The molecule has 0 aliphatic carbocycles. The fourth-order valence-electron chi connectivity index (χ4n) is 2.83. The minimum absolute atomic E-state index is 0. The first-order valence-electron chi connectivity index (χ1n) is 8.99. The van der Waals surface area contributed by atoms with E-state index < -0.39 is 0 Å². The zero-order valence-electron chi connectivity index (χ0n) is 16.5. The molecule has 0 radical (unpaired) electrons. The van der Waals surface area contributed by atoms with E-state index in [2.05, 4.69) is 48.5 Å².